The first kappa shape index (κ1) is 11.1. The zero-order chi connectivity index (χ0) is 11.7. The minimum Gasteiger partial charge on any atom is -0.480 e. The molecule has 1 fully saturated rings. The highest BCUT2D eigenvalue weighted by Gasteiger charge is 2.40. The molecular weight excluding hydrogens is 213 g/mol. The summed E-state index contributed by atoms with van der Waals surface area (Å²) in [7, 11) is 0. The summed E-state index contributed by atoms with van der Waals surface area (Å²) in [6, 6.07) is -1.41. The maximum absolute atomic E-state index is 12.3. The molecule has 1 amide bonds. The second kappa shape index (κ2) is 4.23. The van der Waals surface area contributed by atoms with Crippen LogP contribution in [0.15, 0.2) is 12.2 Å². The topological polar surface area (TPSA) is 66.4 Å². The van der Waals surface area contributed by atoms with Crippen LogP contribution in [0.4, 0.5) is 4.39 Å². The van der Waals surface area contributed by atoms with E-state index < -0.39 is 18.7 Å². The molecule has 2 N–H and O–H groups in total. The van der Waals surface area contributed by atoms with E-state index in [-0.39, 0.29) is 17.7 Å². The number of fused-ring (bicyclic) bond motifs is 2. The van der Waals surface area contributed by atoms with Gasteiger partial charge >= 0.3 is 5.97 Å². The van der Waals surface area contributed by atoms with Crippen molar-refractivity contribution in [2.75, 3.05) is 6.67 Å². The van der Waals surface area contributed by atoms with Gasteiger partial charge in [-0.25, -0.2) is 9.18 Å². The smallest absolute Gasteiger partial charge is 0.328 e. The number of alkyl halides is 1. The van der Waals surface area contributed by atoms with Crippen molar-refractivity contribution >= 4 is 11.9 Å². The molecule has 2 aliphatic carbocycles. The van der Waals surface area contributed by atoms with E-state index in [2.05, 4.69) is 11.4 Å². The van der Waals surface area contributed by atoms with E-state index in [1.165, 1.54) is 0 Å². The average Bonchev–Trinajstić information content (AvgIpc) is 2.86. The lowest BCUT2D eigenvalue weighted by Crippen LogP contribution is -2.45. The van der Waals surface area contributed by atoms with Gasteiger partial charge in [-0.1, -0.05) is 12.2 Å². The Morgan fingerprint density at radius 3 is 2.62 bits per heavy atom. The van der Waals surface area contributed by atoms with Crippen molar-refractivity contribution in [3.8, 4) is 0 Å². The second-order valence-corrected chi connectivity index (χ2v) is 4.44. The predicted molar refractivity (Wildman–Crippen MR) is 54.4 cm³/mol. The molecule has 2 rings (SSSR count). The van der Waals surface area contributed by atoms with Gasteiger partial charge in [0.25, 0.3) is 0 Å². The van der Waals surface area contributed by atoms with Crippen molar-refractivity contribution in [1.29, 1.82) is 0 Å². The number of allylic oxidation sites excluding steroid dienone is 2. The monoisotopic (exact) mass is 227 g/mol. The zero-order valence-electron chi connectivity index (χ0n) is 8.73. The van der Waals surface area contributed by atoms with Crippen molar-refractivity contribution in [2.24, 2.45) is 17.8 Å². The highest BCUT2D eigenvalue weighted by atomic mass is 19.1. The Kier molecular flexibility index (Phi) is 2.94. The van der Waals surface area contributed by atoms with Crippen molar-refractivity contribution < 1.29 is 19.1 Å². The summed E-state index contributed by atoms with van der Waals surface area (Å²) in [5.41, 5.74) is 0. The largest absolute Gasteiger partial charge is 0.480 e. The molecule has 0 aromatic rings. The van der Waals surface area contributed by atoms with E-state index in [0.29, 0.717) is 5.92 Å². The van der Waals surface area contributed by atoms with Gasteiger partial charge in [0, 0.05) is 5.92 Å². The first-order valence-corrected chi connectivity index (χ1v) is 5.39. The summed E-state index contributed by atoms with van der Waals surface area (Å²) in [6.07, 6.45) is 5.82. The fourth-order valence-electron chi connectivity index (χ4n) is 2.53. The molecule has 0 aliphatic heterocycles. The number of carboxylic acids is 1. The van der Waals surface area contributed by atoms with Gasteiger partial charge < -0.3 is 10.4 Å². The van der Waals surface area contributed by atoms with Crippen molar-refractivity contribution in [1.82, 2.24) is 5.32 Å². The maximum atomic E-state index is 12.3. The molecule has 0 heterocycles. The summed E-state index contributed by atoms with van der Waals surface area (Å²) in [4.78, 5) is 22.3. The molecule has 0 radical (unpaired) electrons. The van der Waals surface area contributed by atoms with Crippen molar-refractivity contribution in [2.45, 2.75) is 18.9 Å². The van der Waals surface area contributed by atoms with Crippen LogP contribution in [0.25, 0.3) is 0 Å². The van der Waals surface area contributed by atoms with Crippen LogP contribution in [0.1, 0.15) is 12.8 Å². The molecule has 0 spiro atoms. The lowest BCUT2D eigenvalue weighted by Gasteiger charge is -2.19. The lowest BCUT2D eigenvalue weighted by molar-refractivity contribution is -0.143. The molecule has 0 aromatic carbocycles. The molecule has 2 bridgehead atoms. The molecule has 4 atom stereocenters. The summed E-state index contributed by atoms with van der Waals surface area (Å²) >= 11 is 0. The first-order chi connectivity index (χ1) is 7.61. The number of hydrogen-bond acceptors (Lipinski definition) is 2. The van der Waals surface area contributed by atoms with Gasteiger partial charge in [-0.15, -0.1) is 0 Å². The Bertz CT molecular complexity index is 342. The molecule has 88 valence electrons. The molecule has 1 saturated carbocycles. The van der Waals surface area contributed by atoms with Crippen LogP contribution >= 0.6 is 0 Å². The van der Waals surface area contributed by atoms with Crippen LogP contribution in [-0.2, 0) is 9.59 Å². The van der Waals surface area contributed by atoms with E-state index in [0.717, 1.165) is 12.8 Å². The Morgan fingerprint density at radius 1 is 1.44 bits per heavy atom. The number of halogens is 1. The summed E-state index contributed by atoms with van der Waals surface area (Å²) in [5.74, 6) is -1.19. The molecule has 0 saturated heterocycles. The molecule has 2 aliphatic rings. The van der Waals surface area contributed by atoms with E-state index in [1.807, 2.05) is 6.08 Å². The van der Waals surface area contributed by atoms with Gasteiger partial charge in [0.1, 0.15) is 6.67 Å². The number of amides is 1. The van der Waals surface area contributed by atoms with Gasteiger partial charge in [0.15, 0.2) is 6.04 Å². The standard InChI is InChI=1S/C11H14FNO3/c12-5-9(11(15)16)13-10(14)8-4-6-1-2-7(8)3-6/h1-2,6-9H,3-5H2,(H,13,14)(H,15,16). The quantitative estimate of drug-likeness (QED) is 0.696. The number of carbonyl (C=O) groups is 2. The van der Waals surface area contributed by atoms with Crippen molar-refractivity contribution in [3.05, 3.63) is 12.2 Å². The Hall–Kier alpha value is -1.39. The SMILES string of the molecule is O=C(O)C(CF)NC(=O)C1CC2C=CC1C2. The maximum Gasteiger partial charge on any atom is 0.328 e. The normalized spacial score (nSPS) is 32.7. The molecular formula is C11H14FNO3. The summed E-state index contributed by atoms with van der Waals surface area (Å²) in [5, 5.41) is 10.9. The zero-order valence-corrected chi connectivity index (χ0v) is 8.73. The average molecular weight is 227 g/mol. The fourth-order valence-corrected chi connectivity index (χ4v) is 2.53. The number of carboxylic acid groups (broad SMARTS) is 1. The fraction of sp³-hybridized carbons (Fsp3) is 0.636. The highest BCUT2D eigenvalue weighted by Crippen LogP contribution is 2.43. The third kappa shape index (κ3) is 1.94. The number of hydrogen-bond donors (Lipinski definition) is 2. The first-order valence-electron chi connectivity index (χ1n) is 5.39. The van der Waals surface area contributed by atoms with Gasteiger partial charge in [-0.3, -0.25) is 4.79 Å². The number of aliphatic carboxylic acids is 1. The summed E-state index contributed by atoms with van der Waals surface area (Å²) in [6.45, 7) is -1.07. The van der Waals surface area contributed by atoms with Gasteiger partial charge in [-0.2, -0.15) is 0 Å². The van der Waals surface area contributed by atoms with E-state index >= 15 is 0 Å². The van der Waals surface area contributed by atoms with Crippen LogP contribution in [0.3, 0.4) is 0 Å². The van der Waals surface area contributed by atoms with Crippen LogP contribution < -0.4 is 5.32 Å². The lowest BCUT2D eigenvalue weighted by atomic mass is 9.92. The van der Waals surface area contributed by atoms with E-state index in [9.17, 15) is 14.0 Å². The second-order valence-electron chi connectivity index (χ2n) is 4.44. The third-order valence-corrected chi connectivity index (χ3v) is 3.38. The molecule has 4 nitrogen and oxygen atoms in total. The van der Waals surface area contributed by atoms with Crippen LogP contribution in [0.2, 0.25) is 0 Å². The minimum absolute atomic E-state index is 0.177. The van der Waals surface area contributed by atoms with E-state index in [4.69, 9.17) is 5.11 Å². The molecule has 5 heteroatoms. The van der Waals surface area contributed by atoms with Crippen molar-refractivity contribution in [3.63, 3.8) is 0 Å². The van der Waals surface area contributed by atoms with E-state index in [1.54, 1.807) is 0 Å². The van der Waals surface area contributed by atoms with Crippen LogP contribution in [0, 0.1) is 17.8 Å². The van der Waals surface area contributed by atoms with Gasteiger partial charge in [0.2, 0.25) is 5.91 Å². The number of rotatable bonds is 4. The molecule has 4 unspecified atom stereocenters. The highest BCUT2D eigenvalue weighted by molar-refractivity contribution is 5.85. The van der Waals surface area contributed by atoms with Crippen LogP contribution in [-0.4, -0.2) is 29.7 Å². The van der Waals surface area contributed by atoms with Crippen LogP contribution in [0.5, 0.6) is 0 Å². The predicted octanol–water partition coefficient (Wildman–Crippen LogP) is 0.737. The molecule has 16 heavy (non-hydrogen) atoms. The number of carbonyl (C=O) groups excluding carboxylic acids is 1. The summed E-state index contributed by atoms with van der Waals surface area (Å²) < 4.78 is 12.3. The third-order valence-electron chi connectivity index (χ3n) is 3.38. The van der Waals surface area contributed by atoms with Gasteiger partial charge in [-0.05, 0) is 24.7 Å². The Labute approximate surface area is 92.5 Å². The Balaban J connectivity index is 1.93. The number of nitrogens with one attached hydrogen (secondary N) is 1. The Morgan fingerprint density at radius 2 is 2.19 bits per heavy atom. The van der Waals surface area contributed by atoms with Gasteiger partial charge in [0.05, 0.1) is 0 Å². The minimum atomic E-state index is -1.41. The molecule has 0 aromatic heterocycles.